The fourth-order valence-electron chi connectivity index (χ4n) is 1.80. The highest BCUT2D eigenvalue weighted by Crippen LogP contribution is 2.37. The molecule has 0 amide bonds. The van der Waals surface area contributed by atoms with E-state index < -0.39 is 5.79 Å². The third-order valence-electron chi connectivity index (χ3n) is 2.71. The molecule has 1 rings (SSSR count). The van der Waals surface area contributed by atoms with Crippen LogP contribution < -0.4 is 0 Å². The Morgan fingerprint density at radius 3 is 2.31 bits per heavy atom. The smallest absolute Gasteiger partial charge is 0.308 e. The monoisotopic (exact) mass is 188 g/mol. The van der Waals surface area contributed by atoms with Gasteiger partial charge in [-0.2, -0.15) is 0 Å². The molecule has 1 aliphatic rings. The van der Waals surface area contributed by atoms with Crippen LogP contribution in [0.3, 0.4) is 0 Å². The fourth-order valence-corrected chi connectivity index (χ4v) is 1.80. The van der Waals surface area contributed by atoms with Gasteiger partial charge in [0.2, 0.25) is 0 Å². The molecule has 4 heteroatoms. The van der Waals surface area contributed by atoms with Crippen LogP contribution in [0.2, 0.25) is 0 Å². The summed E-state index contributed by atoms with van der Waals surface area (Å²) >= 11 is 0. The van der Waals surface area contributed by atoms with E-state index in [1.165, 1.54) is 7.11 Å². The molecule has 4 nitrogen and oxygen atoms in total. The molecule has 0 unspecified atom stereocenters. The van der Waals surface area contributed by atoms with E-state index in [1.54, 1.807) is 14.2 Å². The van der Waals surface area contributed by atoms with Crippen LogP contribution in [0.25, 0.3) is 0 Å². The van der Waals surface area contributed by atoms with Crippen molar-refractivity contribution < 1.29 is 19.0 Å². The van der Waals surface area contributed by atoms with Crippen molar-refractivity contribution in [1.29, 1.82) is 0 Å². The van der Waals surface area contributed by atoms with E-state index in [1.807, 2.05) is 0 Å². The molecule has 0 aromatic heterocycles. The van der Waals surface area contributed by atoms with E-state index >= 15 is 0 Å². The Morgan fingerprint density at radius 1 is 1.31 bits per heavy atom. The third-order valence-corrected chi connectivity index (χ3v) is 2.71. The van der Waals surface area contributed by atoms with Crippen LogP contribution in [0.15, 0.2) is 0 Å². The maximum absolute atomic E-state index is 11.2. The topological polar surface area (TPSA) is 44.8 Å². The predicted octanol–water partition coefficient (Wildman–Crippen LogP) is 0.949. The van der Waals surface area contributed by atoms with E-state index in [4.69, 9.17) is 9.47 Å². The number of rotatable bonds is 3. The van der Waals surface area contributed by atoms with Gasteiger partial charge in [-0.15, -0.1) is 0 Å². The summed E-state index contributed by atoms with van der Waals surface area (Å²) in [5.41, 5.74) is 0. The molecule has 0 radical (unpaired) electrons. The molecule has 1 aliphatic carbocycles. The molecular weight excluding hydrogens is 172 g/mol. The number of hydrogen-bond donors (Lipinski definition) is 0. The molecule has 1 atom stereocenters. The van der Waals surface area contributed by atoms with Crippen LogP contribution in [-0.4, -0.2) is 33.1 Å². The SMILES string of the molecule is COC(=O)[C@H]1CCC(OC)(OC)C1. The Labute approximate surface area is 78.2 Å². The summed E-state index contributed by atoms with van der Waals surface area (Å²) in [5, 5.41) is 0. The van der Waals surface area contributed by atoms with Gasteiger partial charge in [0, 0.05) is 27.1 Å². The van der Waals surface area contributed by atoms with Crippen molar-refractivity contribution in [3.8, 4) is 0 Å². The molecule has 1 fully saturated rings. The normalized spacial score (nSPS) is 25.9. The minimum atomic E-state index is -0.571. The van der Waals surface area contributed by atoms with Gasteiger partial charge >= 0.3 is 5.97 Å². The quantitative estimate of drug-likeness (QED) is 0.488. The Kier molecular flexibility index (Phi) is 3.27. The summed E-state index contributed by atoms with van der Waals surface area (Å²) in [4.78, 5) is 11.2. The van der Waals surface area contributed by atoms with E-state index in [0.717, 1.165) is 12.8 Å². The van der Waals surface area contributed by atoms with Gasteiger partial charge in [0.25, 0.3) is 0 Å². The zero-order valence-corrected chi connectivity index (χ0v) is 8.33. The van der Waals surface area contributed by atoms with Crippen molar-refractivity contribution >= 4 is 5.97 Å². The molecule has 1 saturated carbocycles. The van der Waals surface area contributed by atoms with E-state index in [2.05, 4.69) is 4.74 Å². The molecule has 0 N–H and O–H groups in total. The van der Waals surface area contributed by atoms with Crippen LogP contribution in [0, 0.1) is 5.92 Å². The summed E-state index contributed by atoms with van der Waals surface area (Å²) in [6.45, 7) is 0. The molecule has 0 aliphatic heterocycles. The van der Waals surface area contributed by atoms with Gasteiger partial charge in [0.05, 0.1) is 13.0 Å². The van der Waals surface area contributed by atoms with Crippen molar-refractivity contribution in [3.05, 3.63) is 0 Å². The van der Waals surface area contributed by atoms with Gasteiger partial charge in [-0.25, -0.2) is 0 Å². The molecule has 0 spiro atoms. The Hall–Kier alpha value is -0.610. The predicted molar refractivity (Wildman–Crippen MR) is 46.1 cm³/mol. The summed E-state index contributed by atoms with van der Waals surface area (Å²) in [5.74, 6) is -0.820. The Balaban J connectivity index is 2.56. The fraction of sp³-hybridized carbons (Fsp3) is 0.889. The Morgan fingerprint density at radius 2 is 1.92 bits per heavy atom. The van der Waals surface area contributed by atoms with E-state index in [0.29, 0.717) is 6.42 Å². The minimum absolute atomic E-state index is 0.0788. The van der Waals surface area contributed by atoms with E-state index in [9.17, 15) is 4.79 Å². The molecule has 76 valence electrons. The van der Waals surface area contributed by atoms with Crippen molar-refractivity contribution in [3.63, 3.8) is 0 Å². The minimum Gasteiger partial charge on any atom is -0.469 e. The van der Waals surface area contributed by atoms with Crippen LogP contribution in [0.4, 0.5) is 0 Å². The largest absolute Gasteiger partial charge is 0.469 e. The lowest BCUT2D eigenvalue weighted by Crippen LogP contribution is -2.31. The molecule has 0 heterocycles. The zero-order chi connectivity index (χ0) is 9.90. The molecular formula is C9H16O4. The highest BCUT2D eigenvalue weighted by molar-refractivity contribution is 5.72. The number of ether oxygens (including phenoxy) is 3. The standard InChI is InChI=1S/C9H16O4/c1-11-8(10)7-4-5-9(6-7,12-2)13-3/h7H,4-6H2,1-3H3/t7-/m0/s1. The van der Waals surface area contributed by atoms with Crippen molar-refractivity contribution in [1.82, 2.24) is 0 Å². The number of carbonyl (C=O) groups excluding carboxylic acids is 1. The number of methoxy groups -OCH3 is 3. The van der Waals surface area contributed by atoms with Crippen LogP contribution in [0.5, 0.6) is 0 Å². The molecule has 0 aromatic carbocycles. The zero-order valence-electron chi connectivity index (χ0n) is 8.33. The van der Waals surface area contributed by atoms with Crippen LogP contribution in [0.1, 0.15) is 19.3 Å². The summed E-state index contributed by atoms with van der Waals surface area (Å²) in [7, 11) is 4.61. The van der Waals surface area contributed by atoms with Crippen LogP contribution >= 0.6 is 0 Å². The van der Waals surface area contributed by atoms with Gasteiger partial charge in [-0.1, -0.05) is 0 Å². The Bertz CT molecular complexity index is 186. The van der Waals surface area contributed by atoms with E-state index in [-0.39, 0.29) is 11.9 Å². The summed E-state index contributed by atoms with van der Waals surface area (Å²) in [6.07, 6.45) is 2.11. The highest BCUT2D eigenvalue weighted by Gasteiger charge is 2.42. The van der Waals surface area contributed by atoms with Gasteiger partial charge in [-0.05, 0) is 6.42 Å². The second-order valence-corrected chi connectivity index (χ2v) is 3.28. The van der Waals surface area contributed by atoms with Gasteiger partial charge in [0.1, 0.15) is 0 Å². The molecule has 0 saturated heterocycles. The average molecular weight is 188 g/mol. The van der Waals surface area contributed by atoms with Gasteiger partial charge in [-0.3, -0.25) is 4.79 Å². The molecule has 13 heavy (non-hydrogen) atoms. The average Bonchev–Trinajstić information content (AvgIpc) is 2.61. The summed E-state index contributed by atoms with van der Waals surface area (Å²) in [6, 6.07) is 0. The first kappa shape index (κ1) is 10.5. The lowest BCUT2D eigenvalue weighted by atomic mass is 10.1. The maximum atomic E-state index is 11.2. The lowest BCUT2D eigenvalue weighted by molar-refractivity contribution is -0.203. The van der Waals surface area contributed by atoms with Gasteiger partial charge in [0.15, 0.2) is 5.79 Å². The summed E-state index contributed by atoms with van der Waals surface area (Å²) < 4.78 is 15.2. The van der Waals surface area contributed by atoms with Crippen molar-refractivity contribution in [2.45, 2.75) is 25.0 Å². The number of esters is 1. The maximum Gasteiger partial charge on any atom is 0.308 e. The van der Waals surface area contributed by atoms with Crippen molar-refractivity contribution in [2.24, 2.45) is 5.92 Å². The second kappa shape index (κ2) is 4.07. The first-order valence-corrected chi connectivity index (χ1v) is 4.35. The van der Waals surface area contributed by atoms with Gasteiger partial charge < -0.3 is 14.2 Å². The molecule has 0 aromatic rings. The van der Waals surface area contributed by atoms with Crippen LogP contribution in [-0.2, 0) is 19.0 Å². The lowest BCUT2D eigenvalue weighted by Gasteiger charge is -2.25. The number of hydrogen-bond acceptors (Lipinski definition) is 4. The first-order chi connectivity index (χ1) is 6.17. The van der Waals surface area contributed by atoms with Crippen molar-refractivity contribution in [2.75, 3.05) is 21.3 Å². The second-order valence-electron chi connectivity index (χ2n) is 3.28. The molecule has 0 bridgehead atoms. The first-order valence-electron chi connectivity index (χ1n) is 4.35. The number of carbonyl (C=O) groups is 1. The highest BCUT2D eigenvalue weighted by atomic mass is 16.7. The third kappa shape index (κ3) is 2.00.